The smallest absolute Gasteiger partial charge is 0.277 e. The number of amides is 1. The highest BCUT2D eigenvalue weighted by Crippen LogP contribution is 2.20. The van der Waals surface area contributed by atoms with E-state index in [-0.39, 0.29) is 18.3 Å². The molecule has 1 heterocycles. The summed E-state index contributed by atoms with van der Waals surface area (Å²) in [6.07, 6.45) is 0. The van der Waals surface area contributed by atoms with Crippen molar-refractivity contribution in [3.8, 4) is 17.2 Å². The number of thioether (sulfide) groups is 1. The first-order valence-corrected chi connectivity index (χ1v) is 9.31. The van der Waals surface area contributed by atoms with Crippen molar-refractivity contribution in [3.05, 3.63) is 54.4 Å². The second kappa shape index (κ2) is 9.65. The van der Waals surface area contributed by atoms with Crippen LogP contribution >= 0.6 is 11.8 Å². The number of nitrogens with one attached hydrogen (secondary N) is 1. The fourth-order valence-corrected chi connectivity index (χ4v) is 2.75. The highest BCUT2D eigenvalue weighted by atomic mass is 32.2. The van der Waals surface area contributed by atoms with Gasteiger partial charge in [0, 0.05) is 5.69 Å². The van der Waals surface area contributed by atoms with Crippen molar-refractivity contribution in [2.24, 2.45) is 0 Å². The molecule has 0 atom stereocenters. The van der Waals surface area contributed by atoms with Gasteiger partial charge in [-0.2, -0.15) is 0 Å². The molecule has 0 fully saturated rings. The first-order chi connectivity index (χ1) is 13.7. The molecular formula is C19H19N3O5S. The van der Waals surface area contributed by atoms with E-state index in [1.54, 1.807) is 62.8 Å². The number of hydrogen-bond donors (Lipinski definition) is 1. The quantitative estimate of drug-likeness (QED) is 0.545. The Morgan fingerprint density at radius 1 is 0.964 bits per heavy atom. The molecular weight excluding hydrogens is 382 g/mol. The minimum absolute atomic E-state index is 0.137. The fraction of sp³-hybridized carbons (Fsp3) is 0.211. The molecule has 1 aromatic heterocycles. The predicted octanol–water partition coefficient (Wildman–Crippen LogP) is 3.40. The Morgan fingerprint density at radius 3 is 2.21 bits per heavy atom. The van der Waals surface area contributed by atoms with Crippen LogP contribution in [0, 0.1) is 0 Å². The standard InChI is InChI=1S/C19H19N3O5S/c1-24-14-5-3-13(4-6-14)20-17(23)12-28-19-22-21-18(27-19)11-26-16-9-7-15(25-2)8-10-16/h3-10H,11-12H2,1-2H3,(H,20,23). The van der Waals surface area contributed by atoms with E-state index in [9.17, 15) is 4.79 Å². The molecule has 0 aliphatic carbocycles. The zero-order chi connectivity index (χ0) is 19.8. The van der Waals surface area contributed by atoms with Crippen LogP contribution in [0.1, 0.15) is 5.89 Å². The van der Waals surface area contributed by atoms with Crippen LogP contribution in [0.2, 0.25) is 0 Å². The summed E-state index contributed by atoms with van der Waals surface area (Å²) < 4.78 is 21.2. The zero-order valence-corrected chi connectivity index (χ0v) is 16.2. The van der Waals surface area contributed by atoms with E-state index < -0.39 is 0 Å². The van der Waals surface area contributed by atoms with Crippen LogP contribution in [0.3, 0.4) is 0 Å². The van der Waals surface area contributed by atoms with Crippen LogP contribution in [-0.2, 0) is 11.4 Å². The van der Waals surface area contributed by atoms with E-state index in [1.165, 1.54) is 0 Å². The first kappa shape index (κ1) is 19.6. The topological polar surface area (TPSA) is 95.7 Å². The van der Waals surface area contributed by atoms with E-state index in [0.29, 0.717) is 22.6 Å². The van der Waals surface area contributed by atoms with Crippen molar-refractivity contribution in [2.75, 3.05) is 25.3 Å². The van der Waals surface area contributed by atoms with E-state index in [0.717, 1.165) is 23.3 Å². The largest absolute Gasteiger partial charge is 0.497 e. The number of methoxy groups -OCH3 is 2. The number of benzene rings is 2. The van der Waals surface area contributed by atoms with E-state index in [1.807, 2.05) is 0 Å². The molecule has 0 radical (unpaired) electrons. The summed E-state index contributed by atoms with van der Waals surface area (Å²) in [6.45, 7) is 0.137. The van der Waals surface area contributed by atoms with Gasteiger partial charge in [-0.15, -0.1) is 10.2 Å². The van der Waals surface area contributed by atoms with Crippen LogP contribution in [0.25, 0.3) is 0 Å². The summed E-state index contributed by atoms with van der Waals surface area (Å²) >= 11 is 1.15. The number of ether oxygens (including phenoxy) is 3. The summed E-state index contributed by atoms with van der Waals surface area (Å²) in [6, 6.07) is 14.2. The van der Waals surface area contributed by atoms with Crippen LogP contribution < -0.4 is 19.5 Å². The Bertz CT molecular complexity index is 897. The van der Waals surface area contributed by atoms with Crippen LogP contribution in [-0.4, -0.2) is 36.1 Å². The lowest BCUT2D eigenvalue weighted by atomic mass is 10.3. The van der Waals surface area contributed by atoms with Gasteiger partial charge in [0.2, 0.25) is 5.91 Å². The highest BCUT2D eigenvalue weighted by Gasteiger charge is 2.11. The number of nitrogens with zero attached hydrogens (tertiary/aromatic N) is 2. The average molecular weight is 401 g/mol. The monoisotopic (exact) mass is 401 g/mol. The molecule has 3 rings (SSSR count). The summed E-state index contributed by atoms with van der Waals surface area (Å²) in [5.41, 5.74) is 0.686. The minimum atomic E-state index is -0.176. The van der Waals surface area contributed by atoms with Crippen molar-refractivity contribution < 1.29 is 23.4 Å². The van der Waals surface area contributed by atoms with Crippen LogP contribution in [0.15, 0.2) is 58.2 Å². The number of anilines is 1. The fourth-order valence-electron chi connectivity index (χ4n) is 2.17. The third-order valence-electron chi connectivity index (χ3n) is 3.57. The summed E-state index contributed by atoms with van der Waals surface area (Å²) in [7, 11) is 3.19. The molecule has 0 aliphatic rings. The predicted molar refractivity (Wildman–Crippen MR) is 104 cm³/mol. The summed E-state index contributed by atoms with van der Waals surface area (Å²) in [5.74, 6) is 2.43. The molecule has 0 spiro atoms. The van der Waals surface area contributed by atoms with Crippen molar-refractivity contribution in [2.45, 2.75) is 11.8 Å². The lowest BCUT2D eigenvalue weighted by Crippen LogP contribution is -2.13. The van der Waals surface area contributed by atoms with Gasteiger partial charge in [-0.05, 0) is 48.5 Å². The Hall–Kier alpha value is -3.20. The number of carbonyl (C=O) groups excluding carboxylic acids is 1. The van der Waals surface area contributed by atoms with Crippen molar-refractivity contribution in [3.63, 3.8) is 0 Å². The molecule has 0 saturated carbocycles. The lowest BCUT2D eigenvalue weighted by molar-refractivity contribution is -0.113. The zero-order valence-electron chi connectivity index (χ0n) is 15.4. The maximum atomic E-state index is 12.0. The van der Waals surface area contributed by atoms with Gasteiger partial charge in [0.15, 0.2) is 6.61 Å². The van der Waals surface area contributed by atoms with Crippen molar-refractivity contribution in [1.29, 1.82) is 0 Å². The third kappa shape index (κ3) is 5.65. The van der Waals surface area contributed by atoms with Gasteiger partial charge in [-0.1, -0.05) is 11.8 Å². The molecule has 0 unspecified atom stereocenters. The van der Waals surface area contributed by atoms with E-state index >= 15 is 0 Å². The number of rotatable bonds is 9. The number of carbonyl (C=O) groups is 1. The summed E-state index contributed by atoms with van der Waals surface area (Å²) in [4.78, 5) is 12.0. The van der Waals surface area contributed by atoms with Crippen molar-refractivity contribution >= 4 is 23.4 Å². The Balaban J connectivity index is 1.43. The Labute approximate surface area is 166 Å². The number of hydrogen-bond acceptors (Lipinski definition) is 8. The van der Waals surface area contributed by atoms with Crippen LogP contribution in [0.5, 0.6) is 17.2 Å². The second-order valence-corrected chi connectivity index (χ2v) is 6.42. The molecule has 3 aromatic rings. The molecule has 1 amide bonds. The van der Waals surface area contributed by atoms with Gasteiger partial charge < -0.3 is 23.9 Å². The van der Waals surface area contributed by atoms with Gasteiger partial charge in [-0.25, -0.2) is 0 Å². The maximum absolute atomic E-state index is 12.0. The first-order valence-electron chi connectivity index (χ1n) is 8.32. The highest BCUT2D eigenvalue weighted by molar-refractivity contribution is 7.99. The molecule has 146 valence electrons. The lowest BCUT2D eigenvalue weighted by Gasteiger charge is -2.05. The summed E-state index contributed by atoms with van der Waals surface area (Å²) in [5, 5.41) is 10.9. The third-order valence-corrected chi connectivity index (χ3v) is 4.39. The van der Waals surface area contributed by atoms with Crippen LogP contribution in [0.4, 0.5) is 5.69 Å². The van der Waals surface area contributed by atoms with Crippen molar-refractivity contribution in [1.82, 2.24) is 10.2 Å². The molecule has 2 aromatic carbocycles. The van der Waals surface area contributed by atoms with Gasteiger partial charge in [-0.3, -0.25) is 4.79 Å². The van der Waals surface area contributed by atoms with Gasteiger partial charge in [0.05, 0.1) is 20.0 Å². The Kier molecular flexibility index (Phi) is 6.74. The maximum Gasteiger partial charge on any atom is 0.277 e. The van der Waals surface area contributed by atoms with E-state index in [4.69, 9.17) is 18.6 Å². The molecule has 0 saturated heterocycles. The molecule has 0 aliphatic heterocycles. The van der Waals surface area contributed by atoms with Gasteiger partial charge in [0.25, 0.3) is 11.1 Å². The molecule has 8 nitrogen and oxygen atoms in total. The number of aromatic nitrogens is 2. The molecule has 9 heteroatoms. The second-order valence-electron chi connectivity index (χ2n) is 5.49. The molecule has 28 heavy (non-hydrogen) atoms. The molecule has 0 bridgehead atoms. The van der Waals surface area contributed by atoms with Gasteiger partial charge in [0.1, 0.15) is 17.2 Å². The minimum Gasteiger partial charge on any atom is -0.497 e. The SMILES string of the molecule is COc1ccc(NC(=O)CSc2nnc(COc3ccc(OC)cc3)o2)cc1. The molecule has 1 N–H and O–H groups in total. The average Bonchev–Trinajstić information content (AvgIpc) is 3.19. The van der Waals surface area contributed by atoms with E-state index in [2.05, 4.69) is 15.5 Å². The van der Waals surface area contributed by atoms with Gasteiger partial charge >= 0.3 is 0 Å². The Morgan fingerprint density at radius 2 is 1.57 bits per heavy atom. The normalized spacial score (nSPS) is 10.4.